The largest absolute Gasteiger partial charge is 0.368 e. The minimum absolute atomic E-state index is 0.00215. The van der Waals surface area contributed by atoms with Crippen LogP contribution in [-0.2, 0) is 12.8 Å². The van der Waals surface area contributed by atoms with Gasteiger partial charge in [0, 0.05) is 49.9 Å². The van der Waals surface area contributed by atoms with E-state index in [1.165, 1.54) is 29.7 Å². The Labute approximate surface area is 142 Å². The summed E-state index contributed by atoms with van der Waals surface area (Å²) >= 11 is 0. The molecule has 0 saturated carbocycles. The molecular formula is C19H22N4O. The lowest BCUT2D eigenvalue weighted by molar-refractivity contribution is 0.208. The number of fused-ring (bicyclic) bond motifs is 1. The highest BCUT2D eigenvalue weighted by Gasteiger charge is 2.21. The summed E-state index contributed by atoms with van der Waals surface area (Å²) in [6, 6.07) is 10.3. The second-order valence-electron chi connectivity index (χ2n) is 6.45. The summed E-state index contributed by atoms with van der Waals surface area (Å²) in [5, 5.41) is 3.05. The van der Waals surface area contributed by atoms with Crippen molar-refractivity contribution in [2.45, 2.75) is 19.3 Å². The van der Waals surface area contributed by atoms with Crippen molar-refractivity contribution in [2.24, 2.45) is 0 Å². The number of hydrogen-bond acceptors (Lipinski definition) is 3. The van der Waals surface area contributed by atoms with E-state index in [0.717, 1.165) is 38.3 Å². The highest BCUT2D eigenvalue weighted by atomic mass is 16.2. The minimum Gasteiger partial charge on any atom is -0.368 e. The summed E-state index contributed by atoms with van der Waals surface area (Å²) in [6.45, 7) is 3.17. The zero-order valence-electron chi connectivity index (χ0n) is 13.7. The van der Waals surface area contributed by atoms with Crippen molar-refractivity contribution in [1.82, 2.24) is 9.88 Å². The van der Waals surface area contributed by atoms with E-state index in [2.05, 4.69) is 27.3 Å². The van der Waals surface area contributed by atoms with Crippen LogP contribution in [0.15, 0.2) is 42.7 Å². The van der Waals surface area contributed by atoms with E-state index in [-0.39, 0.29) is 6.03 Å². The molecule has 2 aromatic rings. The van der Waals surface area contributed by atoms with Crippen molar-refractivity contribution < 1.29 is 4.79 Å². The van der Waals surface area contributed by atoms with Crippen LogP contribution < -0.4 is 10.2 Å². The van der Waals surface area contributed by atoms with Crippen LogP contribution in [0.25, 0.3) is 0 Å². The van der Waals surface area contributed by atoms with Gasteiger partial charge in [-0.3, -0.25) is 4.98 Å². The molecule has 0 unspecified atom stereocenters. The van der Waals surface area contributed by atoms with Gasteiger partial charge in [0.15, 0.2) is 0 Å². The molecule has 1 aliphatic heterocycles. The number of aryl methyl sites for hydroxylation is 2. The van der Waals surface area contributed by atoms with Crippen molar-refractivity contribution in [3.8, 4) is 0 Å². The highest BCUT2D eigenvalue weighted by Crippen LogP contribution is 2.25. The Morgan fingerprint density at radius 3 is 2.50 bits per heavy atom. The standard InChI is InChI=1S/C19H22N4O/c24-19(21-17-5-4-15-2-1-3-16(15)14-17)23-12-10-22(11-13-23)18-6-8-20-9-7-18/h4-9,14H,1-3,10-13H2,(H,21,24). The number of nitrogens with zero attached hydrogens (tertiary/aromatic N) is 3. The third-order valence-corrected chi connectivity index (χ3v) is 4.94. The Hall–Kier alpha value is -2.56. The number of carbonyl (C=O) groups excluding carboxylic acids is 1. The van der Waals surface area contributed by atoms with Crippen LogP contribution in [0.4, 0.5) is 16.2 Å². The molecule has 1 aliphatic carbocycles. The van der Waals surface area contributed by atoms with E-state index in [0.29, 0.717) is 0 Å². The van der Waals surface area contributed by atoms with E-state index in [1.54, 1.807) is 0 Å². The molecular weight excluding hydrogens is 300 g/mol. The first-order valence-electron chi connectivity index (χ1n) is 8.62. The number of piperazine rings is 1. The third kappa shape index (κ3) is 3.07. The van der Waals surface area contributed by atoms with Gasteiger partial charge >= 0.3 is 6.03 Å². The van der Waals surface area contributed by atoms with E-state index in [4.69, 9.17) is 0 Å². The number of carbonyl (C=O) groups is 1. The summed E-state index contributed by atoms with van der Waals surface area (Å²) in [4.78, 5) is 20.7. The Morgan fingerprint density at radius 1 is 0.958 bits per heavy atom. The lowest BCUT2D eigenvalue weighted by Crippen LogP contribution is -2.50. The lowest BCUT2D eigenvalue weighted by atomic mass is 10.1. The van der Waals surface area contributed by atoms with Gasteiger partial charge < -0.3 is 15.1 Å². The average molecular weight is 322 g/mol. The van der Waals surface area contributed by atoms with E-state index in [1.807, 2.05) is 35.5 Å². The van der Waals surface area contributed by atoms with Crippen molar-refractivity contribution >= 4 is 17.4 Å². The fourth-order valence-corrected chi connectivity index (χ4v) is 3.57. The topological polar surface area (TPSA) is 48.5 Å². The smallest absolute Gasteiger partial charge is 0.321 e. The van der Waals surface area contributed by atoms with Crippen LogP contribution in [0, 0.1) is 0 Å². The number of benzene rings is 1. The van der Waals surface area contributed by atoms with E-state index >= 15 is 0 Å². The van der Waals surface area contributed by atoms with Crippen molar-refractivity contribution in [1.29, 1.82) is 0 Å². The summed E-state index contributed by atoms with van der Waals surface area (Å²) in [6.07, 6.45) is 7.14. The molecule has 2 heterocycles. The zero-order valence-corrected chi connectivity index (χ0v) is 13.7. The first-order valence-corrected chi connectivity index (χ1v) is 8.62. The number of nitrogens with one attached hydrogen (secondary N) is 1. The molecule has 4 rings (SSSR count). The van der Waals surface area contributed by atoms with Gasteiger partial charge in [0.1, 0.15) is 0 Å². The summed E-state index contributed by atoms with van der Waals surface area (Å²) in [5.41, 5.74) is 4.90. The highest BCUT2D eigenvalue weighted by molar-refractivity contribution is 5.89. The van der Waals surface area contributed by atoms with Crippen molar-refractivity contribution in [3.05, 3.63) is 53.9 Å². The first-order chi connectivity index (χ1) is 11.8. The summed E-state index contributed by atoms with van der Waals surface area (Å²) in [5.74, 6) is 0. The van der Waals surface area contributed by atoms with Gasteiger partial charge in [0.05, 0.1) is 0 Å². The van der Waals surface area contributed by atoms with Gasteiger partial charge in [-0.2, -0.15) is 0 Å². The molecule has 24 heavy (non-hydrogen) atoms. The van der Waals surface area contributed by atoms with Gasteiger partial charge in [-0.05, 0) is 54.7 Å². The van der Waals surface area contributed by atoms with Crippen molar-refractivity contribution in [2.75, 3.05) is 36.4 Å². The quantitative estimate of drug-likeness (QED) is 0.925. The third-order valence-electron chi connectivity index (χ3n) is 4.94. The maximum absolute atomic E-state index is 12.5. The molecule has 2 amide bonds. The SMILES string of the molecule is O=C(Nc1ccc2c(c1)CCC2)N1CCN(c2ccncc2)CC1. The number of hydrogen-bond donors (Lipinski definition) is 1. The fraction of sp³-hybridized carbons (Fsp3) is 0.368. The molecule has 5 nitrogen and oxygen atoms in total. The average Bonchev–Trinajstić information content (AvgIpc) is 3.10. The Bertz CT molecular complexity index is 723. The predicted octanol–water partition coefficient (Wildman–Crippen LogP) is 2.92. The van der Waals surface area contributed by atoms with Crippen LogP contribution in [0.2, 0.25) is 0 Å². The number of rotatable bonds is 2. The Kier molecular flexibility index (Phi) is 4.07. The molecule has 124 valence electrons. The van der Waals surface area contributed by atoms with Gasteiger partial charge in [0.25, 0.3) is 0 Å². The number of pyridine rings is 1. The molecule has 0 bridgehead atoms. The molecule has 0 radical (unpaired) electrons. The van der Waals surface area contributed by atoms with Gasteiger partial charge in [0.2, 0.25) is 0 Å². The summed E-state index contributed by atoms with van der Waals surface area (Å²) < 4.78 is 0. The summed E-state index contributed by atoms with van der Waals surface area (Å²) in [7, 11) is 0. The molecule has 2 aliphatic rings. The maximum Gasteiger partial charge on any atom is 0.321 e. The Balaban J connectivity index is 1.35. The second kappa shape index (κ2) is 6.51. The monoisotopic (exact) mass is 322 g/mol. The molecule has 1 N–H and O–H groups in total. The lowest BCUT2D eigenvalue weighted by Gasteiger charge is -2.36. The molecule has 0 atom stereocenters. The van der Waals surface area contributed by atoms with E-state index < -0.39 is 0 Å². The predicted molar refractivity (Wildman–Crippen MR) is 95.5 cm³/mol. The molecule has 5 heteroatoms. The van der Waals surface area contributed by atoms with Crippen molar-refractivity contribution in [3.63, 3.8) is 0 Å². The number of urea groups is 1. The maximum atomic E-state index is 12.5. The van der Waals surface area contributed by atoms with Gasteiger partial charge in [-0.15, -0.1) is 0 Å². The zero-order chi connectivity index (χ0) is 16.4. The molecule has 1 fully saturated rings. The van der Waals surface area contributed by atoms with Crippen LogP contribution in [0.1, 0.15) is 17.5 Å². The van der Waals surface area contributed by atoms with Crippen LogP contribution >= 0.6 is 0 Å². The van der Waals surface area contributed by atoms with E-state index in [9.17, 15) is 4.79 Å². The van der Waals surface area contributed by atoms with Crippen LogP contribution in [0.3, 0.4) is 0 Å². The number of aromatic nitrogens is 1. The molecule has 1 saturated heterocycles. The van der Waals surface area contributed by atoms with Gasteiger partial charge in [-0.1, -0.05) is 6.07 Å². The van der Waals surface area contributed by atoms with Crippen LogP contribution in [0.5, 0.6) is 0 Å². The second-order valence-corrected chi connectivity index (χ2v) is 6.45. The first kappa shape index (κ1) is 15.0. The molecule has 1 aromatic carbocycles. The Morgan fingerprint density at radius 2 is 1.71 bits per heavy atom. The normalized spacial score (nSPS) is 16.8. The fourth-order valence-electron chi connectivity index (χ4n) is 3.57. The number of anilines is 2. The minimum atomic E-state index is 0.00215. The molecule has 0 spiro atoms. The van der Waals surface area contributed by atoms with Crippen LogP contribution in [-0.4, -0.2) is 42.1 Å². The molecule has 1 aromatic heterocycles. The number of amides is 2. The van der Waals surface area contributed by atoms with Gasteiger partial charge in [-0.25, -0.2) is 4.79 Å².